The minimum Gasteiger partial charge on any atom is -0.192 e. The molecular formula is C11H10N. The molecule has 1 heteroatoms. The number of hydrogen-bond donors (Lipinski definition) is 0. The lowest BCUT2D eigenvalue weighted by Gasteiger charge is -2.00. The number of hydrogen-bond acceptors (Lipinski definition) is 1. The van der Waals surface area contributed by atoms with Crippen LogP contribution in [0.2, 0.25) is 0 Å². The lowest BCUT2D eigenvalue weighted by atomic mass is 10.0. The molecule has 2 rings (SSSR count). The molecule has 0 amide bonds. The summed E-state index contributed by atoms with van der Waals surface area (Å²) in [5.41, 5.74) is 2.90. The van der Waals surface area contributed by atoms with Crippen molar-refractivity contribution in [3.63, 3.8) is 0 Å². The molecule has 0 N–H and O–H groups in total. The molecule has 1 radical (unpaired) electrons. The van der Waals surface area contributed by atoms with E-state index in [2.05, 4.69) is 13.0 Å². The zero-order chi connectivity index (χ0) is 8.55. The van der Waals surface area contributed by atoms with Gasteiger partial charge in [-0.3, -0.25) is 0 Å². The smallest absolute Gasteiger partial charge is 0.0994 e. The molecular weight excluding hydrogens is 146 g/mol. The minimum absolute atomic E-state index is 0.694. The van der Waals surface area contributed by atoms with Crippen LogP contribution in [0.3, 0.4) is 0 Å². The quantitative estimate of drug-likeness (QED) is 0.613. The van der Waals surface area contributed by atoms with Crippen molar-refractivity contribution in [3.05, 3.63) is 41.8 Å². The fourth-order valence-electron chi connectivity index (χ4n) is 1.39. The molecule has 59 valence electrons. The Morgan fingerprint density at radius 1 is 1.42 bits per heavy atom. The molecule has 12 heavy (non-hydrogen) atoms. The van der Waals surface area contributed by atoms with Crippen LogP contribution in [0.5, 0.6) is 0 Å². The van der Waals surface area contributed by atoms with Crippen molar-refractivity contribution in [3.8, 4) is 6.07 Å². The molecule has 1 aromatic carbocycles. The zero-order valence-electron chi connectivity index (χ0n) is 6.88. The molecule has 0 aromatic heterocycles. The Bertz CT molecular complexity index is 343. The second-order valence-corrected chi connectivity index (χ2v) is 3.30. The first-order chi connectivity index (χ1) is 5.81. The van der Waals surface area contributed by atoms with E-state index in [1.54, 1.807) is 0 Å². The number of nitriles is 1. The lowest BCUT2D eigenvalue weighted by Crippen LogP contribution is -1.85. The van der Waals surface area contributed by atoms with Crippen molar-refractivity contribution < 1.29 is 0 Å². The molecule has 0 unspecified atom stereocenters. The van der Waals surface area contributed by atoms with Crippen molar-refractivity contribution in [1.82, 2.24) is 0 Å². The fourth-order valence-corrected chi connectivity index (χ4v) is 1.39. The third-order valence-electron chi connectivity index (χ3n) is 2.30. The number of benzene rings is 1. The SMILES string of the molecule is [CH2]c1cc(C2CC2)ccc1C#N. The Labute approximate surface area is 72.6 Å². The van der Waals surface area contributed by atoms with Crippen molar-refractivity contribution >= 4 is 0 Å². The zero-order valence-corrected chi connectivity index (χ0v) is 6.88. The van der Waals surface area contributed by atoms with Gasteiger partial charge in [-0.05, 0) is 42.9 Å². The molecule has 1 fully saturated rings. The first-order valence-electron chi connectivity index (χ1n) is 4.17. The van der Waals surface area contributed by atoms with E-state index in [1.807, 2.05) is 18.2 Å². The maximum absolute atomic E-state index is 8.67. The first kappa shape index (κ1) is 7.36. The van der Waals surface area contributed by atoms with Gasteiger partial charge in [0.25, 0.3) is 0 Å². The normalized spacial score (nSPS) is 15.7. The fraction of sp³-hybridized carbons (Fsp3) is 0.273. The average molecular weight is 156 g/mol. The van der Waals surface area contributed by atoms with Gasteiger partial charge >= 0.3 is 0 Å². The predicted molar refractivity (Wildman–Crippen MR) is 47.6 cm³/mol. The third kappa shape index (κ3) is 1.21. The van der Waals surface area contributed by atoms with E-state index in [0.29, 0.717) is 5.56 Å². The Morgan fingerprint density at radius 3 is 2.67 bits per heavy atom. The van der Waals surface area contributed by atoms with Crippen LogP contribution in [-0.2, 0) is 0 Å². The van der Waals surface area contributed by atoms with Gasteiger partial charge in [0.15, 0.2) is 0 Å². The van der Waals surface area contributed by atoms with Crippen molar-refractivity contribution in [2.24, 2.45) is 0 Å². The molecule has 0 atom stereocenters. The molecule has 1 aliphatic carbocycles. The maximum atomic E-state index is 8.67. The summed E-state index contributed by atoms with van der Waals surface area (Å²) < 4.78 is 0. The molecule has 1 saturated carbocycles. The van der Waals surface area contributed by atoms with Crippen molar-refractivity contribution in [1.29, 1.82) is 5.26 Å². The summed E-state index contributed by atoms with van der Waals surface area (Å²) in [5.74, 6) is 0.748. The molecule has 0 saturated heterocycles. The Balaban J connectivity index is 2.38. The van der Waals surface area contributed by atoms with Gasteiger partial charge in [0, 0.05) is 0 Å². The van der Waals surface area contributed by atoms with Gasteiger partial charge in [-0.1, -0.05) is 12.1 Å². The van der Waals surface area contributed by atoms with Crippen molar-refractivity contribution in [2.75, 3.05) is 0 Å². The highest BCUT2D eigenvalue weighted by Gasteiger charge is 2.23. The second-order valence-electron chi connectivity index (χ2n) is 3.30. The summed E-state index contributed by atoms with van der Waals surface area (Å²) in [5, 5.41) is 8.67. The van der Waals surface area contributed by atoms with E-state index in [9.17, 15) is 0 Å². The van der Waals surface area contributed by atoms with Crippen LogP contribution < -0.4 is 0 Å². The first-order valence-corrected chi connectivity index (χ1v) is 4.17. The van der Waals surface area contributed by atoms with Crippen LogP contribution in [-0.4, -0.2) is 0 Å². The highest BCUT2D eigenvalue weighted by molar-refractivity contribution is 5.43. The third-order valence-corrected chi connectivity index (χ3v) is 2.30. The molecule has 0 bridgehead atoms. The Kier molecular flexibility index (Phi) is 1.62. The molecule has 1 aromatic rings. The molecule has 0 spiro atoms. The van der Waals surface area contributed by atoms with E-state index in [-0.39, 0.29) is 0 Å². The Hall–Kier alpha value is -1.29. The summed E-state index contributed by atoms with van der Waals surface area (Å²) in [6.45, 7) is 3.84. The van der Waals surface area contributed by atoms with Crippen LogP contribution in [0.1, 0.15) is 35.4 Å². The van der Waals surface area contributed by atoms with E-state index in [4.69, 9.17) is 5.26 Å². The molecule has 0 heterocycles. The van der Waals surface area contributed by atoms with E-state index >= 15 is 0 Å². The average Bonchev–Trinajstić information content (AvgIpc) is 2.86. The van der Waals surface area contributed by atoms with Crippen LogP contribution in [0.4, 0.5) is 0 Å². The summed E-state index contributed by atoms with van der Waals surface area (Å²) in [6, 6.07) is 8.07. The van der Waals surface area contributed by atoms with Gasteiger partial charge < -0.3 is 0 Å². The topological polar surface area (TPSA) is 23.8 Å². The van der Waals surface area contributed by atoms with Crippen LogP contribution in [0.15, 0.2) is 18.2 Å². The summed E-state index contributed by atoms with van der Waals surface area (Å²) in [4.78, 5) is 0. The second kappa shape index (κ2) is 2.64. The minimum atomic E-state index is 0.694. The van der Waals surface area contributed by atoms with Gasteiger partial charge in [-0.2, -0.15) is 5.26 Å². The maximum Gasteiger partial charge on any atom is 0.0994 e. The Morgan fingerprint density at radius 2 is 2.17 bits per heavy atom. The monoisotopic (exact) mass is 156 g/mol. The van der Waals surface area contributed by atoms with Gasteiger partial charge in [0.1, 0.15) is 0 Å². The molecule has 0 aliphatic heterocycles. The summed E-state index contributed by atoms with van der Waals surface area (Å²) in [6.07, 6.45) is 2.59. The van der Waals surface area contributed by atoms with E-state index in [0.717, 1.165) is 11.5 Å². The van der Waals surface area contributed by atoms with Gasteiger partial charge in [0.2, 0.25) is 0 Å². The van der Waals surface area contributed by atoms with Gasteiger partial charge in [-0.15, -0.1) is 0 Å². The van der Waals surface area contributed by atoms with E-state index < -0.39 is 0 Å². The standard InChI is InChI=1S/C11H10N/c1-8-6-10(9-2-3-9)4-5-11(8)7-12/h4-6,9H,1-3H2. The molecule has 1 aliphatic rings. The van der Waals surface area contributed by atoms with Crippen molar-refractivity contribution in [2.45, 2.75) is 18.8 Å². The largest absolute Gasteiger partial charge is 0.192 e. The summed E-state index contributed by atoms with van der Waals surface area (Å²) in [7, 11) is 0. The number of nitrogens with zero attached hydrogens (tertiary/aromatic N) is 1. The van der Waals surface area contributed by atoms with Gasteiger partial charge in [-0.25, -0.2) is 0 Å². The van der Waals surface area contributed by atoms with E-state index in [1.165, 1.54) is 18.4 Å². The lowest BCUT2D eigenvalue weighted by molar-refractivity contribution is 1.12. The highest BCUT2D eigenvalue weighted by Crippen LogP contribution is 2.40. The van der Waals surface area contributed by atoms with Crippen LogP contribution in [0, 0.1) is 18.3 Å². The predicted octanol–water partition coefficient (Wildman–Crippen LogP) is 2.62. The highest BCUT2D eigenvalue weighted by atomic mass is 14.3. The van der Waals surface area contributed by atoms with Crippen LogP contribution >= 0.6 is 0 Å². The van der Waals surface area contributed by atoms with Gasteiger partial charge in [0.05, 0.1) is 11.6 Å². The number of rotatable bonds is 1. The van der Waals surface area contributed by atoms with Crippen LogP contribution in [0.25, 0.3) is 0 Å². The molecule has 1 nitrogen and oxygen atoms in total. The summed E-state index contributed by atoms with van der Waals surface area (Å²) >= 11 is 0.